The molecule has 3 rings (SSSR count). The predicted molar refractivity (Wildman–Crippen MR) is 115 cm³/mol. The normalized spacial score (nSPS) is 19.2. The van der Waals surface area contributed by atoms with E-state index in [9.17, 15) is 4.79 Å². The summed E-state index contributed by atoms with van der Waals surface area (Å²) in [5.74, 6) is 1.87. The van der Waals surface area contributed by atoms with E-state index in [-0.39, 0.29) is 5.91 Å². The minimum Gasteiger partial charge on any atom is -0.494 e. The fraction of sp³-hybridized carbons (Fsp3) is 0.696. The number of morpholine rings is 1. The van der Waals surface area contributed by atoms with Crippen LogP contribution in [-0.4, -0.2) is 86.7 Å². The van der Waals surface area contributed by atoms with Gasteiger partial charge in [-0.05, 0) is 69.4 Å². The van der Waals surface area contributed by atoms with Crippen molar-refractivity contribution in [2.45, 2.75) is 32.7 Å². The fourth-order valence-corrected chi connectivity index (χ4v) is 4.15. The van der Waals surface area contributed by atoms with Crippen molar-refractivity contribution in [3.8, 4) is 5.75 Å². The molecule has 29 heavy (non-hydrogen) atoms. The Hall–Kier alpha value is -1.63. The number of likely N-dealkylation sites (tertiary alicyclic amines) is 1. The van der Waals surface area contributed by atoms with Crippen LogP contribution >= 0.6 is 0 Å². The van der Waals surface area contributed by atoms with Gasteiger partial charge in [-0.15, -0.1) is 0 Å². The van der Waals surface area contributed by atoms with Gasteiger partial charge in [0.1, 0.15) is 5.75 Å². The van der Waals surface area contributed by atoms with Gasteiger partial charge in [0.15, 0.2) is 0 Å². The maximum atomic E-state index is 12.6. The first-order valence-electron chi connectivity index (χ1n) is 11.1. The van der Waals surface area contributed by atoms with Crippen molar-refractivity contribution in [2.24, 2.45) is 5.92 Å². The molecule has 1 amide bonds. The third-order valence-electron chi connectivity index (χ3n) is 6.10. The third kappa shape index (κ3) is 7.28. The van der Waals surface area contributed by atoms with Gasteiger partial charge in [-0.25, -0.2) is 0 Å². The molecule has 0 aromatic heterocycles. The Morgan fingerprint density at radius 2 is 1.79 bits per heavy atom. The molecule has 0 bridgehead atoms. The summed E-state index contributed by atoms with van der Waals surface area (Å²) in [7, 11) is 1.90. The minimum atomic E-state index is 0.200. The quantitative estimate of drug-likeness (QED) is 0.634. The van der Waals surface area contributed by atoms with Crippen LogP contribution in [-0.2, 0) is 16.1 Å². The first kappa shape index (κ1) is 22.1. The number of carbonyl (C=O) groups is 1. The molecule has 162 valence electrons. The standard InChI is InChI=1S/C23H37N3O3/c1-3-29-22-6-4-21(5-7-22)18-24(2)23(27)19-26-12-9-20(10-13-26)8-11-25-14-16-28-17-15-25/h4-7,20H,3,8-19H2,1-2H3. The zero-order valence-electron chi connectivity index (χ0n) is 18.1. The molecule has 6 nitrogen and oxygen atoms in total. The van der Waals surface area contributed by atoms with Crippen LogP contribution in [0.5, 0.6) is 5.75 Å². The molecule has 1 aromatic rings. The topological polar surface area (TPSA) is 45.2 Å². The monoisotopic (exact) mass is 403 g/mol. The molecule has 0 radical (unpaired) electrons. The highest BCUT2D eigenvalue weighted by atomic mass is 16.5. The van der Waals surface area contributed by atoms with Crippen LogP contribution in [0, 0.1) is 5.92 Å². The van der Waals surface area contributed by atoms with Crippen LogP contribution in [0.2, 0.25) is 0 Å². The minimum absolute atomic E-state index is 0.200. The lowest BCUT2D eigenvalue weighted by atomic mass is 9.93. The average Bonchev–Trinajstić information content (AvgIpc) is 2.75. The van der Waals surface area contributed by atoms with Gasteiger partial charge in [-0.2, -0.15) is 0 Å². The molecule has 2 heterocycles. The van der Waals surface area contributed by atoms with Gasteiger partial charge in [0.25, 0.3) is 0 Å². The molecule has 2 aliphatic rings. The van der Waals surface area contributed by atoms with Gasteiger partial charge in [0.05, 0.1) is 26.4 Å². The van der Waals surface area contributed by atoms with Crippen LogP contribution in [0.3, 0.4) is 0 Å². The Labute approximate surface area is 175 Å². The van der Waals surface area contributed by atoms with Gasteiger partial charge in [-0.1, -0.05) is 12.1 Å². The zero-order chi connectivity index (χ0) is 20.5. The van der Waals surface area contributed by atoms with Gasteiger partial charge in [0.2, 0.25) is 5.91 Å². The number of amides is 1. The lowest BCUT2D eigenvalue weighted by molar-refractivity contribution is -0.132. The van der Waals surface area contributed by atoms with Gasteiger partial charge in [0, 0.05) is 26.7 Å². The van der Waals surface area contributed by atoms with Gasteiger partial charge < -0.3 is 14.4 Å². The molecule has 0 unspecified atom stereocenters. The summed E-state index contributed by atoms with van der Waals surface area (Å²) in [6.45, 7) is 11.0. The molecule has 0 saturated carbocycles. The Kier molecular flexibility index (Phi) is 8.77. The third-order valence-corrected chi connectivity index (χ3v) is 6.10. The number of rotatable bonds is 9. The van der Waals surface area contributed by atoms with Crippen molar-refractivity contribution in [3.63, 3.8) is 0 Å². The van der Waals surface area contributed by atoms with Gasteiger partial charge in [-0.3, -0.25) is 14.6 Å². The van der Waals surface area contributed by atoms with E-state index in [1.807, 2.05) is 43.1 Å². The fourth-order valence-electron chi connectivity index (χ4n) is 4.15. The summed E-state index contributed by atoms with van der Waals surface area (Å²) in [5, 5.41) is 0. The molecule has 6 heteroatoms. The predicted octanol–water partition coefficient (Wildman–Crippen LogP) is 2.48. The second-order valence-corrected chi connectivity index (χ2v) is 8.29. The van der Waals surface area contributed by atoms with Crippen molar-refractivity contribution >= 4 is 5.91 Å². The number of likely N-dealkylation sites (N-methyl/N-ethyl adjacent to an activating group) is 1. The van der Waals surface area contributed by atoms with Crippen molar-refractivity contribution in [3.05, 3.63) is 29.8 Å². The molecule has 0 atom stereocenters. The first-order chi connectivity index (χ1) is 14.1. The Balaban J connectivity index is 1.34. The molecule has 2 aliphatic heterocycles. The number of nitrogens with zero attached hydrogens (tertiary/aromatic N) is 3. The van der Waals surface area contributed by atoms with E-state index in [0.717, 1.165) is 56.6 Å². The van der Waals surface area contributed by atoms with Crippen LogP contribution in [0.1, 0.15) is 31.7 Å². The van der Waals surface area contributed by atoms with Crippen molar-refractivity contribution in [2.75, 3.05) is 66.1 Å². The van der Waals surface area contributed by atoms with Gasteiger partial charge >= 0.3 is 0 Å². The molecule has 1 aromatic carbocycles. The van der Waals surface area contributed by atoms with Crippen LogP contribution in [0.15, 0.2) is 24.3 Å². The van der Waals surface area contributed by atoms with Crippen LogP contribution in [0.25, 0.3) is 0 Å². The smallest absolute Gasteiger partial charge is 0.236 e. The second kappa shape index (κ2) is 11.5. The molecular formula is C23H37N3O3. The number of benzene rings is 1. The maximum absolute atomic E-state index is 12.6. The summed E-state index contributed by atoms with van der Waals surface area (Å²) in [5.41, 5.74) is 1.13. The van der Waals surface area contributed by atoms with E-state index in [1.165, 1.54) is 25.8 Å². The maximum Gasteiger partial charge on any atom is 0.236 e. The number of carbonyl (C=O) groups excluding carboxylic acids is 1. The Morgan fingerprint density at radius 1 is 1.10 bits per heavy atom. The highest BCUT2D eigenvalue weighted by Gasteiger charge is 2.23. The molecular weight excluding hydrogens is 366 g/mol. The van der Waals surface area contributed by atoms with Crippen molar-refractivity contribution < 1.29 is 14.3 Å². The van der Waals surface area contributed by atoms with Crippen molar-refractivity contribution in [1.82, 2.24) is 14.7 Å². The SMILES string of the molecule is CCOc1ccc(CN(C)C(=O)CN2CCC(CCN3CCOCC3)CC2)cc1. The molecule has 2 fully saturated rings. The van der Waals surface area contributed by atoms with E-state index in [4.69, 9.17) is 9.47 Å². The highest BCUT2D eigenvalue weighted by Crippen LogP contribution is 2.21. The molecule has 0 aliphatic carbocycles. The zero-order valence-corrected chi connectivity index (χ0v) is 18.1. The number of hydrogen-bond acceptors (Lipinski definition) is 5. The summed E-state index contributed by atoms with van der Waals surface area (Å²) in [6, 6.07) is 8.02. The van der Waals surface area contributed by atoms with E-state index < -0.39 is 0 Å². The first-order valence-corrected chi connectivity index (χ1v) is 11.1. The lowest BCUT2D eigenvalue weighted by Crippen LogP contribution is -2.42. The van der Waals surface area contributed by atoms with E-state index in [0.29, 0.717) is 19.7 Å². The Morgan fingerprint density at radius 3 is 2.45 bits per heavy atom. The molecule has 0 N–H and O–H groups in total. The summed E-state index contributed by atoms with van der Waals surface area (Å²) in [4.78, 5) is 19.3. The van der Waals surface area contributed by atoms with E-state index in [1.54, 1.807) is 0 Å². The van der Waals surface area contributed by atoms with Crippen molar-refractivity contribution in [1.29, 1.82) is 0 Å². The molecule has 2 saturated heterocycles. The van der Waals surface area contributed by atoms with Crippen LogP contribution < -0.4 is 4.74 Å². The largest absolute Gasteiger partial charge is 0.494 e. The number of ether oxygens (including phenoxy) is 2. The second-order valence-electron chi connectivity index (χ2n) is 8.29. The lowest BCUT2D eigenvalue weighted by Gasteiger charge is -2.34. The average molecular weight is 404 g/mol. The van der Waals surface area contributed by atoms with Crippen LogP contribution in [0.4, 0.5) is 0 Å². The summed E-state index contributed by atoms with van der Waals surface area (Å²) in [6.07, 6.45) is 3.69. The summed E-state index contributed by atoms with van der Waals surface area (Å²) >= 11 is 0. The van der Waals surface area contributed by atoms with E-state index in [2.05, 4.69) is 9.80 Å². The number of hydrogen-bond donors (Lipinski definition) is 0. The number of piperidine rings is 1. The van der Waals surface area contributed by atoms with E-state index >= 15 is 0 Å². The molecule has 0 spiro atoms. The highest BCUT2D eigenvalue weighted by molar-refractivity contribution is 5.78. The summed E-state index contributed by atoms with van der Waals surface area (Å²) < 4.78 is 10.9. The Bertz CT molecular complexity index is 608.